The number of halogens is 6. The molecular weight excluding hydrogens is 378 g/mol. The van der Waals surface area contributed by atoms with Crippen molar-refractivity contribution in [2.24, 2.45) is 5.92 Å². The minimum Gasteiger partial charge on any atom is -0.380 e. The molecule has 1 N–H and O–H groups in total. The van der Waals surface area contributed by atoms with E-state index in [9.17, 15) is 13.2 Å². The number of hydrogen-bond acceptors (Lipinski definition) is 1. The van der Waals surface area contributed by atoms with Crippen LogP contribution in [-0.2, 0) is 0 Å². The van der Waals surface area contributed by atoms with Gasteiger partial charge in [-0.3, -0.25) is 0 Å². The fourth-order valence-electron chi connectivity index (χ4n) is 2.45. The molecule has 0 aromatic heterocycles. The average Bonchev–Trinajstić information content (AvgIpc) is 2.33. The average molecular weight is 391 g/mol. The zero-order chi connectivity index (χ0) is 14.9. The Kier molecular flexibility index (Phi) is 5.14. The van der Waals surface area contributed by atoms with Crippen LogP contribution in [0.25, 0.3) is 0 Å². The number of alkyl halides is 3. The first-order chi connectivity index (χ1) is 9.27. The van der Waals surface area contributed by atoms with Crippen molar-refractivity contribution in [2.45, 2.75) is 37.9 Å². The standard InChI is InChI=1S/C13H13BrCl2F3N/c14-8-5-10(15)12(11(16)6-8)20-9-3-1-7(2-4-9)13(17,18)19/h5-7,9,20H,1-4H2. The van der Waals surface area contributed by atoms with Gasteiger partial charge in [-0.15, -0.1) is 0 Å². The highest BCUT2D eigenvalue weighted by molar-refractivity contribution is 9.10. The molecule has 1 aromatic carbocycles. The fraction of sp³-hybridized carbons (Fsp3) is 0.538. The lowest BCUT2D eigenvalue weighted by molar-refractivity contribution is -0.182. The zero-order valence-corrected chi connectivity index (χ0v) is 13.5. The minimum absolute atomic E-state index is 0.0234. The first kappa shape index (κ1) is 16.2. The van der Waals surface area contributed by atoms with E-state index < -0.39 is 12.1 Å². The molecule has 7 heteroatoms. The van der Waals surface area contributed by atoms with Gasteiger partial charge in [0.2, 0.25) is 0 Å². The quantitative estimate of drug-likeness (QED) is 0.625. The Morgan fingerprint density at radius 3 is 2.00 bits per heavy atom. The van der Waals surface area contributed by atoms with Crippen molar-refractivity contribution in [3.63, 3.8) is 0 Å². The maximum Gasteiger partial charge on any atom is 0.391 e. The Labute approximate surface area is 134 Å². The number of anilines is 1. The van der Waals surface area contributed by atoms with Crippen LogP contribution in [0.15, 0.2) is 16.6 Å². The third-order valence-corrected chi connectivity index (χ3v) is 4.60. The lowest BCUT2D eigenvalue weighted by atomic mass is 9.85. The summed E-state index contributed by atoms with van der Waals surface area (Å²) in [5.41, 5.74) is 0.590. The summed E-state index contributed by atoms with van der Waals surface area (Å²) < 4.78 is 38.6. The van der Waals surface area contributed by atoms with Gasteiger partial charge in [0.1, 0.15) is 0 Å². The summed E-state index contributed by atoms with van der Waals surface area (Å²) in [5, 5.41) is 4.09. The lowest BCUT2D eigenvalue weighted by Gasteiger charge is -2.31. The molecule has 1 nitrogen and oxygen atoms in total. The van der Waals surface area contributed by atoms with Crippen molar-refractivity contribution in [1.29, 1.82) is 0 Å². The highest BCUT2D eigenvalue weighted by Crippen LogP contribution is 2.40. The summed E-state index contributed by atoms with van der Waals surface area (Å²) in [6, 6.07) is 3.39. The molecule has 0 spiro atoms. The largest absolute Gasteiger partial charge is 0.391 e. The van der Waals surface area contributed by atoms with Crippen LogP contribution in [0, 0.1) is 5.92 Å². The van der Waals surface area contributed by atoms with E-state index in [0.717, 1.165) is 4.47 Å². The minimum atomic E-state index is -4.09. The smallest absolute Gasteiger partial charge is 0.380 e. The Morgan fingerprint density at radius 2 is 1.55 bits per heavy atom. The molecule has 1 aliphatic rings. The highest BCUT2D eigenvalue weighted by Gasteiger charge is 2.41. The summed E-state index contributed by atoms with van der Waals surface area (Å²) in [6.07, 6.45) is -2.86. The summed E-state index contributed by atoms with van der Waals surface area (Å²) >= 11 is 15.5. The van der Waals surface area contributed by atoms with Gasteiger partial charge in [-0.2, -0.15) is 13.2 Å². The second-order valence-corrected chi connectivity index (χ2v) is 6.71. The second kappa shape index (κ2) is 6.32. The van der Waals surface area contributed by atoms with Crippen molar-refractivity contribution in [2.75, 3.05) is 5.32 Å². The van der Waals surface area contributed by atoms with Gasteiger partial charge < -0.3 is 5.32 Å². The topological polar surface area (TPSA) is 12.0 Å². The highest BCUT2D eigenvalue weighted by atomic mass is 79.9. The summed E-state index contributed by atoms with van der Waals surface area (Å²) in [7, 11) is 0. The van der Waals surface area contributed by atoms with Gasteiger partial charge in [0, 0.05) is 10.5 Å². The molecule has 1 fully saturated rings. The molecule has 0 aliphatic heterocycles. The van der Waals surface area contributed by atoms with Crippen LogP contribution >= 0.6 is 39.1 Å². The van der Waals surface area contributed by atoms with E-state index >= 15 is 0 Å². The summed E-state index contributed by atoms with van der Waals surface area (Å²) in [5.74, 6) is -1.18. The van der Waals surface area contributed by atoms with Crippen molar-refractivity contribution < 1.29 is 13.2 Å². The number of nitrogens with one attached hydrogen (secondary N) is 1. The summed E-state index contributed by atoms with van der Waals surface area (Å²) in [6.45, 7) is 0. The Bertz CT molecular complexity index is 462. The molecule has 0 radical (unpaired) electrons. The van der Waals surface area contributed by atoms with E-state index in [0.29, 0.717) is 28.6 Å². The molecule has 2 rings (SSSR count). The second-order valence-electron chi connectivity index (χ2n) is 4.98. The number of benzene rings is 1. The third-order valence-electron chi connectivity index (χ3n) is 3.55. The van der Waals surface area contributed by atoms with Crippen LogP contribution in [0.5, 0.6) is 0 Å². The fourth-order valence-corrected chi connectivity index (χ4v) is 3.77. The van der Waals surface area contributed by atoms with Crippen LogP contribution in [0.1, 0.15) is 25.7 Å². The Hall–Kier alpha value is -0.130. The third kappa shape index (κ3) is 3.95. The monoisotopic (exact) mass is 389 g/mol. The lowest BCUT2D eigenvalue weighted by Crippen LogP contribution is -2.32. The molecule has 0 saturated heterocycles. The first-order valence-electron chi connectivity index (χ1n) is 6.25. The van der Waals surface area contributed by atoms with Gasteiger partial charge in [0.25, 0.3) is 0 Å². The molecule has 0 unspecified atom stereocenters. The van der Waals surface area contributed by atoms with Gasteiger partial charge >= 0.3 is 6.18 Å². The van der Waals surface area contributed by atoms with E-state index in [-0.39, 0.29) is 18.9 Å². The van der Waals surface area contributed by atoms with E-state index in [2.05, 4.69) is 21.2 Å². The number of rotatable bonds is 2. The van der Waals surface area contributed by atoms with Gasteiger partial charge in [0.15, 0.2) is 0 Å². The van der Waals surface area contributed by atoms with Gasteiger partial charge in [0.05, 0.1) is 21.7 Å². The summed E-state index contributed by atoms with van der Waals surface area (Å²) in [4.78, 5) is 0. The molecular formula is C13H13BrCl2F3N. The van der Waals surface area contributed by atoms with Crippen molar-refractivity contribution >= 4 is 44.8 Å². The van der Waals surface area contributed by atoms with Crippen molar-refractivity contribution in [1.82, 2.24) is 0 Å². The maximum absolute atomic E-state index is 12.6. The van der Waals surface area contributed by atoms with E-state index in [1.54, 1.807) is 12.1 Å². The van der Waals surface area contributed by atoms with Gasteiger partial charge in [-0.25, -0.2) is 0 Å². The van der Waals surface area contributed by atoms with E-state index in [1.165, 1.54) is 0 Å². The van der Waals surface area contributed by atoms with Crippen molar-refractivity contribution in [3.8, 4) is 0 Å². The predicted molar refractivity (Wildman–Crippen MR) is 79.6 cm³/mol. The number of hydrogen-bond donors (Lipinski definition) is 1. The maximum atomic E-state index is 12.6. The molecule has 20 heavy (non-hydrogen) atoms. The molecule has 0 heterocycles. The van der Waals surface area contributed by atoms with Crippen LogP contribution < -0.4 is 5.32 Å². The van der Waals surface area contributed by atoms with E-state index in [1.807, 2.05) is 0 Å². The normalized spacial score (nSPS) is 23.7. The van der Waals surface area contributed by atoms with Crippen LogP contribution in [-0.4, -0.2) is 12.2 Å². The Morgan fingerprint density at radius 1 is 1.05 bits per heavy atom. The van der Waals surface area contributed by atoms with E-state index in [4.69, 9.17) is 23.2 Å². The molecule has 1 aromatic rings. The molecule has 0 amide bonds. The zero-order valence-electron chi connectivity index (χ0n) is 10.4. The van der Waals surface area contributed by atoms with Crippen LogP contribution in [0.4, 0.5) is 18.9 Å². The van der Waals surface area contributed by atoms with Gasteiger partial charge in [-0.05, 0) is 37.8 Å². The van der Waals surface area contributed by atoms with Crippen molar-refractivity contribution in [3.05, 3.63) is 26.7 Å². The predicted octanol–water partition coefficient (Wildman–Crippen LogP) is 6.29. The molecule has 0 atom stereocenters. The van der Waals surface area contributed by atoms with Crippen LogP contribution in [0.3, 0.4) is 0 Å². The van der Waals surface area contributed by atoms with Crippen LogP contribution in [0.2, 0.25) is 10.0 Å². The molecule has 112 valence electrons. The Balaban J connectivity index is 2.00. The molecule has 0 bridgehead atoms. The van der Waals surface area contributed by atoms with Gasteiger partial charge in [-0.1, -0.05) is 39.1 Å². The molecule has 1 saturated carbocycles. The SMILES string of the molecule is FC(F)(F)C1CCC(Nc2c(Cl)cc(Br)cc2Cl)CC1. The first-order valence-corrected chi connectivity index (χ1v) is 7.80. The molecule has 1 aliphatic carbocycles.